The number of hydrogen-bond acceptors (Lipinski definition) is 4. The van der Waals surface area contributed by atoms with E-state index in [-0.39, 0.29) is 0 Å². The second kappa shape index (κ2) is 5.21. The van der Waals surface area contributed by atoms with E-state index in [1.54, 1.807) is 26.4 Å². The van der Waals surface area contributed by atoms with Crippen LogP contribution in [-0.2, 0) is 0 Å². The summed E-state index contributed by atoms with van der Waals surface area (Å²) in [5.41, 5.74) is 0.717. The molecule has 0 unspecified atom stereocenters. The van der Waals surface area contributed by atoms with Crippen molar-refractivity contribution in [1.82, 2.24) is 0 Å². The van der Waals surface area contributed by atoms with Gasteiger partial charge in [-0.15, -0.1) is 11.3 Å². The standard InChI is InChI=1S/C13H14O3S/c1-15-9-5-6-11(16-2)10(8-9)13(14)12-4-3-7-17-12/h3-8,13-14H,1-2H3/t13-/m0/s1. The first-order valence-corrected chi connectivity index (χ1v) is 6.07. The molecule has 2 rings (SSSR count). The van der Waals surface area contributed by atoms with Gasteiger partial charge in [-0.1, -0.05) is 6.07 Å². The molecule has 1 aromatic heterocycles. The summed E-state index contributed by atoms with van der Waals surface area (Å²) in [5.74, 6) is 1.36. The van der Waals surface area contributed by atoms with Crippen molar-refractivity contribution in [2.24, 2.45) is 0 Å². The lowest BCUT2D eigenvalue weighted by Crippen LogP contribution is -2.01. The van der Waals surface area contributed by atoms with Gasteiger partial charge in [-0.2, -0.15) is 0 Å². The van der Waals surface area contributed by atoms with Crippen molar-refractivity contribution in [2.45, 2.75) is 6.10 Å². The molecule has 1 aromatic carbocycles. The van der Waals surface area contributed by atoms with E-state index in [9.17, 15) is 5.11 Å². The molecule has 2 aromatic rings. The molecule has 0 bridgehead atoms. The van der Waals surface area contributed by atoms with Crippen molar-refractivity contribution < 1.29 is 14.6 Å². The molecule has 0 aliphatic carbocycles. The van der Waals surface area contributed by atoms with Gasteiger partial charge >= 0.3 is 0 Å². The quantitative estimate of drug-likeness (QED) is 0.906. The summed E-state index contributed by atoms with van der Waals surface area (Å²) in [4.78, 5) is 0.886. The Hall–Kier alpha value is -1.52. The smallest absolute Gasteiger partial charge is 0.125 e. The average molecular weight is 250 g/mol. The summed E-state index contributed by atoms with van der Waals surface area (Å²) >= 11 is 1.51. The van der Waals surface area contributed by atoms with Crippen LogP contribution in [0, 0.1) is 0 Å². The first kappa shape index (κ1) is 12.0. The Bertz CT molecular complexity index is 479. The fourth-order valence-corrected chi connectivity index (χ4v) is 2.38. The number of thiophene rings is 1. The maximum Gasteiger partial charge on any atom is 0.125 e. The van der Waals surface area contributed by atoms with E-state index in [0.717, 1.165) is 4.88 Å². The van der Waals surface area contributed by atoms with Crippen LogP contribution in [0.1, 0.15) is 16.5 Å². The number of hydrogen-bond donors (Lipinski definition) is 1. The van der Waals surface area contributed by atoms with E-state index < -0.39 is 6.10 Å². The third-order valence-electron chi connectivity index (χ3n) is 2.54. The molecule has 0 fully saturated rings. The van der Waals surface area contributed by atoms with Gasteiger partial charge in [-0.3, -0.25) is 0 Å². The number of rotatable bonds is 4. The van der Waals surface area contributed by atoms with Gasteiger partial charge in [0.05, 0.1) is 14.2 Å². The highest BCUT2D eigenvalue weighted by molar-refractivity contribution is 7.10. The van der Waals surface area contributed by atoms with E-state index >= 15 is 0 Å². The van der Waals surface area contributed by atoms with Crippen LogP contribution < -0.4 is 9.47 Å². The van der Waals surface area contributed by atoms with Gasteiger partial charge in [-0.25, -0.2) is 0 Å². The highest BCUT2D eigenvalue weighted by Gasteiger charge is 2.17. The molecule has 0 radical (unpaired) electrons. The first-order chi connectivity index (χ1) is 8.26. The van der Waals surface area contributed by atoms with Gasteiger partial charge < -0.3 is 14.6 Å². The summed E-state index contributed by atoms with van der Waals surface area (Å²) in [6.45, 7) is 0. The minimum Gasteiger partial charge on any atom is -0.497 e. The van der Waals surface area contributed by atoms with Gasteiger partial charge in [0, 0.05) is 10.4 Å². The van der Waals surface area contributed by atoms with E-state index in [1.165, 1.54) is 11.3 Å². The molecular weight excluding hydrogens is 236 g/mol. The molecule has 1 heterocycles. The van der Waals surface area contributed by atoms with Crippen molar-refractivity contribution >= 4 is 11.3 Å². The Labute approximate surface area is 104 Å². The molecule has 1 atom stereocenters. The zero-order valence-corrected chi connectivity index (χ0v) is 10.5. The molecule has 0 amide bonds. The van der Waals surface area contributed by atoms with Gasteiger partial charge in [0.25, 0.3) is 0 Å². The van der Waals surface area contributed by atoms with E-state index in [2.05, 4.69) is 0 Å². The molecule has 0 spiro atoms. The van der Waals surface area contributed by atoms with Crippen LogP contribution in [0.5, 0.6) is 11.5 Å². The zero-order chi connectivity index (χ0) is 12.3. The van der Waals surface area contributed by atoms with Crippen LogP contribution in [-0.4, -0.2) is 19.3 Å². The molecular formula is C13H14O3S. The molecule has 90 valence electrons. The van der Waals surface area contributed by atoms with Gasteiger partial charge in [0.1, 0.15) is 17.6 Å². The highest BCUT2D eigenvalue weighted by Crippen LogP contribution is 2.34. The van der Waals surface area contributed by atoms with Crippen LogP contribution in [0.25, 0.3) is 0 Å². The van der Waals surface area contributed by atoms with E-state index in [0.29, 0.717) is 17.1 Å². The Kier molecular flexibility index (Phi) is 3.66. The Morgan fingerprint density at radius 1 is 1.18 bits per heavy atom. The van der Waals surface area contributed by atoms with Crippen molar-refractivity contribution in [3.63, 3.8) is 0 Å². The molecule has 17 heavy (non-hydrogen) atoms. The van der Waals surface area contributed by atoms with Crippen molar-refractivity contribution in [3.05, 3.63) is 46.2 Å². The van der Waals surface area contributed by atoms with E-state index in [4.69, 9.17) is 9.47 Å². The van der Waals surface area contributed by atoms with Crippen LogP contribution >= 0.6 is 11.3 Å². The molecule has 0 aliphatic heterocycles. The molecule has 0 saturated heterocycles. The SMILES string of the molecule is COc1ccc(OC)c([C@H](O)c2cccs2)c1. The van der Waals surface area contributed by atoms with Gasteiger partial charge in [0.15, 0.2) is 0 Å². The van der Waals surface area contributed by atoms with Crippen molar-refractivity contribution in [3.8, 4) is 11.5 Å². The summed E-state index contributed by atoms with van der Waals surface area (Å²) in [6.07, 6.45) is -0.681. The largest absolute Gasteiger partial charge is 0.497 e. The number of ether oxygens (including phenoxy) is 2. The number of methoxy groups -OCH3 is 2. The molecule has 0 saturated carbocycles. The zero-order valence-electron chi connectivity index (χ0n) is 9.71. The van der Waals surface area contributed by atoms with Crippen molar-refractivity contribution in [1.29, 1.82) is 0 Å². The van der Waals surface area contributed by atoms with Gasteiger partial charge in [0.2, 0.25) is 0 Å². The first-order valence-electron chi connectivity index (χ1n) is 5.19. The molecule has 3 nitrogen and oxygen atoms in total. The fraction of sp³-hybridized carbons (Fsp3) is 0.231. The average Bonchev–Trinajstić information content (AvgIpc) is 2.91. The lowest BCUT2D eigenvalue weighted by molar-refractivity contribution is 0.218. The van der Waals surface area contributed by atoms with Crippen molar-refractivity contribution in [2.75, 3.05) is 14.2 Å². The molecule has 0 aliphatic rings. The van der Waals surface area contributed by atoms with Crippen LogP contribution in [0.2, 0.25) is 0 Å². The predicted octanol–water partition coefficient (Wildman–Crippen LogP) is 2.85. The summed E-state index contributed by atoms with van der Waals surface area (Å²) in [5, 5.41) is 12.2. The summed E-state index contributed by atoms with van der Waals surface area (Å²) in [6, 6.07) is 9.21. The second-order valence-electron chi connectivity index (χ2n) is 3.53. The predicted molar refractivity (Wildman–Crippen MR) is 67.9 cm³/mol. The molecule has 4 heteroatoms. The normalized spacial score (nSPS) is 12.2. The minimum atomic E-state index is -0.681. The molecule has 1 N–H and O–H groups in total. The highest BCUT2D eigenvalue weighted by atomic mass is 32.1. The second-order valence-corrected chi connectivity index (χ2v) is 4.51. The minimum absolute atomic E-state index is 0.659. The lowest BCUT2D eigenvalue weighted by atomic mass is 10.1. The van der Waals surface area contributed by atoms with Crippen LogP contribution in [0.15, 0.2) is 35.7 Å². The topological polar surface area (TPSA) is 38.7 Å². The lowest BCUT2D eigenvalue weighted by Gasteiger charge is -2.14. The Morgan fingerprint density at radius 3 is 2.59 bits per heavy atom. The Balaban J connectivity index is 2.41. The maximum atomic E-state index is 10.3. The van der Waals surface area contributed by atoms with Crippen LogP contribution in [0.4, 0.5) is 0 Å². The number of benzene rings is 1. The summed E-state index contributed by atoms with van der Waals surface area (Å²) < 4.78 is 10.4. The third-order valence-corrected chi connectivity index (χ3v) is 3.47. The third kappa shape index (κ3) is 2.43. The number of aliphatic hydroxyl groups excluding tert-OH is 1. The monoisotopic (exact) mass is 250 g/mol. The Morgan fingerprint density at radius 2 is 2.00 bits per heavy atom. The van der Waals surface area contributed by atoms with E-state index in [1.807, 2.05) is 23.6 Å². The summed E-state index contributed by atoms with van der Waals surface area (Å²) in [7, 11) is 3.19. The van der Waals surface area contributed by atoms with Crippen LogP contribution in [0.3, 0.4) is 0 Å². The van der Waals surface area contributed by atoms with Gasteiger partial charge in [-0.05, 0) is 29.6 Å². The number of aliphatic hydroxyl groups is 1. The maximum absolute atomic E-state index is 10.3. The fourth-order valence-electron chi connectivity index (χ4n) is 1.65.